The van der Waals surface area contributed by atoms with Crippen molar-refractivity contribution in [3.63, 3.8) is 0 Å². The smallest absolute Gasteiger partial charge is 0.255 e. The van der Waals surface area contributed by atoms with Crippen LogP contribution in [0.4, 0.5) is 5.69 Å². The quantitative estimate of drug-likeness (QED) is 0.909. The summed E-state index contributed by atoms with van der Waals surface area (Å²) >= 11 is 0. The molecule has 2 amide bonds. The van der Waals surface area contributed by atoms with Crippen LogP contribution in [0.5, 0.6) is 0 Å². The number of carbonyl (C=O) groups is 2. The molecular formula is C18H21N3O2. The van der Waals surface area contributed by atoms with Crippen LogP contribution in [0, 0.1) is 0 Å². The van der Waals surface area contributed by atoms with Gasteiger partial charge in [-0.2, -0.15) is 0 Å². The average Bonchev–Trinajstić information content (AvgIpc) is 3.16. The van der Waals surface area contributed by atoms with Crippen molar-refractivity contribution in [1.82, 2.24) is 10.2 Å². The molecule has 4 rings (SSSR count). The predicted molar refractivity (Wildman–Crippen MR) is 88.1 cm³/mol. The van der Waals surface area contributed by atoms with Gasteiger partial charge in [0.2, 0.25) is 5.91 Å². The Balaban J connectivity index is 1.57. The molecule has 1 N–H and O–H groups in total. The van der Waals surface area contributed by atoms with E-state index < -0.39 is 0 Å². The van der Waals surface area contributed by atoms with Crippen molar-refractivity contribution in [3.8, 4) is 0 Å². The zero-order valence-electron chi connectivity index (χ0n) is 13.2. The summed E-state index contributed by atoms with van der Waals surface area (Å²) in [4.78, 5) is 28.4. The molecule has 5 nitrogen and oxygen atoms in total. The van der Waals surface area contributed by atoms with Crippen molar-refractivity contribution >= 4 is 17.5 Å². The lowest BCUT2D eigenvalue weighted by atomic mass is 10.0. The summed E-state index contributed by atoms with van der Waals surface area (Å²) in [6.07, 6.45) is 3.58. The second-order valence-electron chi connectivity index (χ2n) is 6.60. The Morgan fingerprint density at radius 2 is 1.96 bits per heavy atom. The second kappa shape index (κ2) is 5.41. The molecule has 0 aliphatic carbocycles. The van der Waals surface area contributed by atoms with Crippen LogP contribution in [0.1, 0.15) is 41.6 Å². The molecule has 0 spiro atoms. The molecule has 0 bridgehead atoms. The normalized spacial score (nSPS) is 24.2. The Labute approximate surface area is 135 Å². The van der Waals surface area contributed by atoms with E-state index in [2.05, 4.69) is 28.9 Å². The number of anilines is 1. The molecule has 120 valence electrons. The van der Waals surface area contributed by atoms with Gasteiger partial charge in [-0.3, -0.25) is 9.59 Å². The number of fused-ring (bicyclic) bond motifs is 1. The van der Waals surface area contributed by atoms with Crippen LogP contribution in [-0.2, 0) is 11.3 Å². The van der Waals surface area contributed by atoms with Gasteiger partial charge < -0.3 is 15.1 Å². The maximum absolute atomic E-state index is 12.7. The highest BCUT2D eigenvalue weighted by atomic mass is 16.2. The number of amides is 2. The zero-order chi connectivity index (χ0) is 16.0. The van der Waals surface area contributed by atoms with Gasteiger partial charge in [0.05, 0.1) is 6.04 Å². The van der Waals surface area contributed by atoms with Crippen molar-refractivity contribution in [2.24, 2.45) is 0 Å². The fraction of sp³-hybridized carbons (Fsp3) is 0.444. The number of benzene rings is 1. The minimum Gasteiger partial charge on any atom is -0.372 e. The first-order chi connectivity index (χ1) is 11.1. The second-order valence-corrected chi connectivity index (χ2v) is 6.60. The third kappa shape index (κ3) is 2.40. The summed E-state index contributed by atoms with van der Waals surface area (Å²) in [6, 6.07) is 6.07. The van der Waals surface area contributed by atoms with Crippen LogP contribution in [0.25, 0.3) is 0 Å². The van der Waals surface area contributed by atoms with Crippen molar-refractivity contribution in [1.29, 1.82) is 0 Å². The topological polar surface area (TPSA) is 52.7 Å². The molecule has 2 fully saturated rings. The van der Waals surface area contributed by atoms with E-state index in [4.69, 9.17) is 0 Å². The molecule has 1 aromatic rings. The van der Waals surface area contributed by atoms with E-state index in [0.717, 1.165) is 24.2 Å². The van der Waals surface area contributed by atoms with Gasteiger partial charge >= 0.3 is 0 Å². The number of hydrogen-bond donors (Lipinski definition) is 1. The minimum atomic E-state index is -0.0946. The maximum atomic E-state index is 12.7. The maximum Gasteiger partial charge on any atom is 0.255 e. The van der Waals surface area contributed by atoms with Crippen LogP contribution < -0.4 is 10.2 Å². The highest BCUT2D eigenvalue weighted by molar-refractivity contribution is 5.99. The van der Waals surface area contributed by atoms with Gasteiger partial charge in [0, 0.05) is 43.0 Å². The lowest BCUT2D eigenvalue weighted by molar-refractivity contribution is -0.121. The fourth-order valence-electron chi connectivity index (χ4n) is 3.86. The molecule has 1 unspecified atom stereocenters. The summed E-state index contributed by atoms with van der Waals surface area (Å²) in [6.45, 7) is 6.74. The summed E-state index contributed by atoms with van der Waals surface area (Å²) in [5.41, 5.74) is 3.73. The van der Waals surface area contributed by atoms with E-state index in [1.54, 1.807) is 0 Å². The van der Waals surface area contributed by atoms with Gasteiger partial charge in [0.1, 0.15) is 0 Å². The first-order valence-corrected chi connectivity index (χ1v) is 8.31. The van der Waals surface area contributed by atoms with Crippen LogP contribution in [0.3, 0.4) is 0 Å². The van der Waals surface area contributed by atoms with Gasteiger partial charge in [0.25, 0.3) is 5.91 Å². The fourth-order valence-corrected chi connectivity index (χ4v) is 3.86. The summed E-state index contributed by atoms with van der Waals surface area (Å²) in [5.74, 6) is 0.0435. The molecule has 0 saturated carbocycles. The van der Waals surface area contributed by atoms with Crippen molar-refractivity contribution < 1.29 is 9.59 Å². The Bertz CT molecular complexity index is 692. The largest absolute Gasteiger partial charge is 0.372 e. The van der Waals surface area contributed by atoms with Crippen LogP contribution in [0.15, 0.2) is 30.5 Å². The predicted octanol–water partition coefficient (Wildman–Crippen LogP) is 2.03. The number of carbonyl (C=O) groups excluding carboxylic acids is 2. The van der Waals surface area contributed by atoms with Crippen LogP contribution in [0.2, 0.25) is 0 Å². The molecule has 23 heavy (non-hydrogen) atoms. The van der Waals surface area contributed by atoms with Gasteiger partial charge in [-0.1, -0.05) is 6.58 Å². The molecule has 3 aliphatic heterocycles. The third-order valence-corrected chi connectivity index (χ3v) is 5.12. The zero-order valence-corrected chi connectivity index (χ0v) is 13.2. The van der Waals surface area contributed by atoms with Crippen molar-refractivity contribution in [3.05, 3.63) is 41.6 Å². The first-order valence-electron chi connectivity index (χ1n) is 8.31. The highest BCUT2D eigenvalue weighted by Crippen LogP contribution is 2.32. The van der Waals surface area contributed by atoms with E-state index in [1.807, 2.05) is 11.0 Å². The van der Waals surface area contributed by atoms with Crippen molar-refractivity contribution in [2.45, 2.75) is 38.3 Å². The summed E-state index contributed by atoms with van der Waals surface area (Å²) in [5, 5.41) is 2.77. The number of nitrogens with zero attached hydrogens (tertiary/aromatic N) is 2. The van der Waals surface area contributed by atoms with E-state index in [0.29, 0.717) is 25.1 Å². The van der Waals surface area contributed by atoms with E-state index in [1.165, 1.54) is 18.5 Å². The number of piperidine rings is 1. The third-order valence-electron chi connectivity index (χ3n) is 5.12. The van der Waals surface area contributed by atoms with Crippen LogP contribution >= 0.6 is 0 Å². The molecule has 5 heteroatoms. The van der Waals surface area contributed by atoms with Gasteiger partial charge in [0.15, 0.2) is 0 Å². The molecule has 3 aliphatic rings. The minimum absolute atomic E-state index is 0.00766. The molecule has 2 saturated heterocycles. The molecule has 0 radical (unpaired) electrons. The standard InChI is InChI=1S/C18H21N3O2/c1-12-16(6-7-17(22)19-12)21-11-13-10-14(20-8-2-3-9-20)4-5-15(13)18(21)23/h4-5,10,16H,1-3,6-9,11H2,(H,19,22). The molecule has 1 aromatic carbocycles. The van der Waals surface area contributed by atoms with E-state index >= 15 is 0 Å². The molecular weight excluding hydrogens is 290 g/mol. The Morgan fingerprint density at radius 1 is 1.17 bits per heavy atom. The molecule has 1 atom stereocenters. The van der Waals surface area contributed by atoms with Gasteiger partial charge in [-0.15, -0.1) is 0 Å². The Morgan fingerprint density at radius 3 is 2.70 bits per heavy atom. The SMILES string of the molecule is C=C1NC(=O)CCC1N1Cc2cc(N3CCCC3)ccc2C1=O. The average molecular weight is 311 g/mol. The lowest BCUT2D eigenvalue weighted by Crippen LogP contribution is -2.45. The first kappa shape index (κ1) is 14.3. The summed E-state index contributed by atoms with van der Waals surface area (Å²) in [7, 11) is 0. The Kier molecular flexibility index (Phi) is 3.36. The van der Waals surface area contributed by atoms with Crippen molar-refractivity contribution in [2.75, 3.05) is 18.0 Å². The number of nitrogens with one attached hydrogen (secondary N) is 1. The number of rotatable bonds is 2. The summed E-state index contributed by atoms with van der Waals surface area (Å²) < 4.78 is 0. The Hall–Kier alpha value is -2.30. The highest BCUT2D eigenvalue weighted by Gasteiger charge is 2.36. The van der Waals surface area contributed by atoms with E-state index in [-0.39, 0.29) is 17.9 Å². The number of hydrogen-bond acceptors (Lipinski definition) is 3. The van der Waals surface area contributed by atoms with Gasteiger partial charge in [-0.25, -0.2) is 0 Å². The monoisotopic (exact) mass is 311 g/mol. The van der Waals surface area contributed by atoms with Crippen LogP contribution in [-0.4, -0.2) is 35.8 Å². The van der Waals surface area contributed by atoms with Gasteiger partial charge in [-0.05, 0) is 43.0 Å². The molecule has 0 aromatic heterocycles. The molecule has 3 heterocycles. The van der Waals surface area contributed by atoms with E-state index in [9.17, 15) is 9.59 Å². The lowest BCUT2D eigenvalue weighted by Gasteiger charge is -2.32.